The highest BCUT2D eigenvalue weighted by atomic mass is 16.5. The van der Waals surface area contributed by atoms with E-state index < -0.39 is 0 Å². The Morgan fingerprint density at radius 3 is 2.36 bits per heavy atom. The molecule has 33 heavy (non-hydrogen) atoms. The second-order valence-electron chi connectivity index (χ2n) is 7.83. The van der Waals surface area contributed by atoms with Gasteiger partial charge < -0.3 is 20.3 Å². The summed E-state index contributed by atoms with van der Waals surface area (Å²) in [5.41, 5.74) is 2.36. The number of aryl methyl sites for hydroxylation is 1. The Balaban J connectivity index is 1.42. The third kappa shape index (κ3) is 6.79. The molecule has 8 nitrogen and oxygen atoms in total. The van der Waals surface area contributed by atoms with Crippen molar-refractivity contribution in [2.45, 2.75) is 20.3 Å². The number of nitrogens with one attached hydrogen (secondary N) is 2. The van der Waals surface area contributed by atoms with Crippen LogP contribution in [0.3, 0.4) is 0 Å². The number of rotatable bonds is 9. The maximum absolute atomic E-state index is 12.6. The van der Waals surface area contributed by atoms with Gasteiger partial charge in [-0.25, -0.2) is 0 Å². The van der Waals surface area contributed by atoms with Gasteiger partial charge in [0.1, 0.15) is 5.75 Å². The summed E-state index contributed by atoms with van der Waals surface area (Å²) in [5.74, 6) is -0.0393. The Kier molecular flexibility index (Phi) is 8.83. The zero-order valence-electron chi connectivity index (χ0n) is 19.3. The molecular weight excluding hydrogens is 420 g/mol. The van der Waals surface area contributed by atoms with Gasteiger partial charge in [0.2, 0.25) is 11.8 Å². The predicted octanol–water partition coefficient (Wildman–Crippen LogP) is 2.16. The van der Waals surface area contributed by atoms with Crippen LogP contribution < -0.4 is 15.4 Å². The van der Waals surface area contributed by atoms with Crippen molar-refractivity contribution in [3.63, 3.8) is 0 Å². The molecule has 1 aliphatic rings. The number of nitrogens with zero attached hydrogens (tertiary/aromatic N) is 2. The molecule has 2 aromatic rings. The third-order valence-electron chi connectivity index (χ3n) is 5.60. The Morgan fingerprint density at radius 1 is 0.939 bits per heavy atom. The number of benzene rings is 2. The largest absolute Gasteiger partial charge is 0.493 e. The van der Waals surface area contributed by atoms with E-state index in [1.165, 1.54) is 0 Å². The lowest BCUT2D eigenvalue weighted by molar-refractivity contribution is -0.132. The van der Waals surface area contributed by atoms with Crippen LogP contribution in [-0.2, 0) is 16.0 Å². The van der Waals surface area contributed by atoms with Crippen molar-refractivity contribution in [3.05, 3.63) is 59.7 Å². The molecule has 3 amide bonds. The summed E-state index contributed by atoms with van der Waals surface area (Å²) in [6, 6.07) is 14.8. The molecule has 0 saturated carbocycles. The van der Waals surface area contributed by atoms with E-state index in [4.69, 9.17) is 4.74 Å². The predicted molar refractivity (Wildman–Crippen MR) is 127 cm³/mol. The quantitative estimate of drug-likeness (QED) is 0.609. The van der Waals surface area contributed by atoms with E-state index in [0.717, 1.165) is 17.7 Å². The van der Waals surface area contributed by atoms with Crippen LogP contribution in [0.1, 0.15) is 29.8 Å². The van der Waals surface area contributed by atoms with Gasteiger partial charge in [-0.3, -0.25) is 19.3 Å². The van der Waals surface area contributed by atoms with Gasteiger partial charge in [-0.05, 0) is 37.1 Å². The van der Waals surface area contributed by atoms with Crippen LogP contribution in [0.4, 0.5) is 5.69 Å². The van der Waals surface area contributed by atoms with Crippen LogP contribution in [0, 0.1) is 0 Å². The Hall–Kier alpha value is -3.39. The Bertz CT molecular complexity index is 970. The summed E-state index contributed by atoms with van der Waals surface area (Å²) in [7, 11) is 0. The van der Waals surface area contributed by atoms with Gasteiger partial charge in [0.15, 0.2) is 0 Å². The first-order valence-corrected chi connectivity index (χ1v) is 11.4. The first-order valence-electron chi connectivity index (χ1n) is 11.4. The van der Waals surface area contributed by atoms with Crippen molar-refractivity contribution in [2.75, 3.05) is 51.2 Å². The summed E-state index contributed by atoms with van der Waals surface area (Å²) >= 11 is 0. The first-order chi connectivity index (χ1) is 16.0. The fourth-order valence-corrected chi connectivity index (χ4v) is 3.80. The van der Waals surface area contributed by atoms with Gasteiger partial charge in [0.25, 0.3) is 5.91 Å². The molecule has 0 unspecified atom stereocenters. The number of ether oxygens (including phenoxy) is 1. The SMILES string of the molecule is CCOc1ccccc1C(=O)NCC(=O)N1CCN(CC(=O)Nc2ccccc2CC)CC1. The zero-order valence-corrected chi connectivity index (χ0v) is 19.3. The van der Waals surface area contributed by atoms with Gasteiger partial charge in [0, 0.05) is 31.9 Å². The van der Waals surface area contributed by atoms with Crippen LogP contribution in [0.25, 0.3) is 0 Å². The smallest absolute Gasteiger partial charge is 0.255 e. The van der Waals surface area contributed by atoms with E-state index in [1.54, 1.807) is 29.2 Å². The van der Waals surface area contributed by atoms with Crippen molar-refractivity contribution in [3.8, 4) is 5.75 Å². The fourth-order valence-electron chi connectivity index (χ4n) is 3.80. The highest BCUT2D eigenvalue weighted by Crippen LogP contribution is 2.18. The minimum Gasteiger partial charge on any atom is -0.493 e. The van der Waals surface area contributed by atoms with Gasteiger partial charge in [-0.2, -0.15) is 0 Å². The second-order valence-corrected chi connectivity index (χ2v) is 7.83. The number of hydrogen-bond acceptors (Lipinski definition) is 5. The van der Waals surface area contributed by atoms with Gasteiger partial charge in [0.05, 0.1) is 25.3 Å². The maximum Gasteiger partial charge on any atom is 0.255 e. The van der Waals surface area contributed by atoms with E-state index in [-0.39, 0.29) is 30.8 Å². The molecule has 0 aromatic heterocycles. The summed E-state index contributed by atoms with van der Waals surface area (Å²) < 4.78 is 5.48. The molecule has 0 radical (unpaired) electrons. The number of carbonyl (C=O) groups is 3. The van der Waals surface area contributed by atoms with Crippen molar-refractivity contribution in [1.29, 1.82) is 0 Å². The molecule has 0 aliphatic carbocycles. The maximum atomic E-state index is 12.6. The van der Waals surface area contributed by atoms with Crippen LogP contribution in [-0.4, -0.2) is 73.4 Å². The topological polar surface area (TPSA) is 91.0 Å². The Labute approximate surface area is 194 Å². The van der Waals surface area contributed by atoms with Crippen molar-refractivity contribution in [2.24, 2.45) is 0 Å². The summed E-state index contributed by atoms with van der Waals surface area (Å²) in [5, 5.41) is 5.67. The normalized spacial score (nSPS) is 13.9. The van der Waals surface area contributed by atoms with E-state index >= 15 is 0 Å². The number of para-hydroxylation sites is 2. The van der Waals surface area contributed by atoms with E-state index in [9.17, 15) is 14.4 Å². The lowest BCUT2D eigenvalue weighted by Gasteiger charge is -2.34. The molecular formula is C25H32N4O4. The lowest BCUT2D eigenvalue weighted by atomic mass is 10.1. The number of carbonyl (C=O) groups excluding carboxylic acids is 3. The lowest BCUT2D eigenvalue weighted by Crippen LogP contribution is -2.52. The molecule has 0 bridgehead atoms. The van der Waals surface area contributed by atoms with Crippen LogP contribution in [0.15, 0.2) is 48.5 Å². The van der Waals surface area contributed by atoms with E-state index in [0.29, 0.717) is 44.1 Å². The molecule has 0 atom stereocenters. The zero-order chi connectivity index (χ0) is 23.6. The monoisotopic (exact) mass is 452 g/mol. The van der Waals surface area contributed by atoms with Crippen LogP contribution in [0.2, 0.25) is 0 Å². The number of piperazine rings is 1. The molecule has 2 aromatic carbocycles. The van der Waals surface area contributed by atoms with E-state index in [1.807, 2.05) is 36.1 Å². The van der Waals surface area contributed by atoms with Crippen molar-refractivity contribution >= 4 is 23.4 Å². The average molecular weight is 453 g/mol. The fraction of sp³-hybridized carbons (Fsp3) is 0.400. The summed E-state index contributed by atoms with van der Waals surface area (Å²) in [4.78, 5) is 41.3. The van der Waals surface area contributed by atoms with Crippen LogP contribution >= 0.6 is 0 Å². The molecule has 176 valence electrons. The molecule has 1 heterocycles. The highest BCUT2D eigenvalue weighted by molar-refractivity contribution is 5.98. The number of hydrogen-bond donors (Lipinski definition) is 2. The first kappa shape index (κ1) is 24.3. The van der Waals surface area contributed by atoms with E-state index in [2.05, 4.69) is 17.6 Å². The molecule has 1 saturated heterocycles. The van der Waals surface area contributed by atoms with Crippen molar-refractivity contribution in [1.82, 2.24) is 15.1 Å². The summed E-state index contributed by atoms with van der Waals surface area (Å²) in [6.45, 7) is 6.82. The molecule has 8 heteroatoms. The highest BCUT2D eigenvalue weighted by Gasteiger charge is 2.23. The van der Waals surface area contributed by atoms with Gasteiger partial charge in [-0.1, -0.05) is 37.3 Å². The van der Waals surface area contributed by atoms with Gasteiger partial charge in [-0.15, -0.1) is 0 Å². The molecule has 3 rings (SSSR count). The molecule has 1 fully saturated rings. The Morgan fingerprint density at radius 2 is 1.64 bits per heavy atom. The standard InChI is InChI=1S/C25H32N4O4/c1-3-19-9-5-7-11-21(19)27-23(30)18-28-13-15-29(16-14-28)24(31)17-26-25(32)20-10-6-8-12-22(20)33-4-2/h5-12H,3-4,13-18H2,1-2H3,(H,26,32)(H,27,30). The molecule has 2 N–H and O–H groups in total. The average Bonchev–Trinajstić information content (AvgIpc) is 2.83. The van der Waals surface area contributed by atoms with Crippen LogP contribution in [0.5, 0.6) is 5.75 Å². The molecule has 0 spiro atoms. The minimum atomic E-state index is -0.338. The summed E-state index contributed by atoms with van der Waals surface area (Å²) in [6.07, 6.45) is 0.852. The second kappa shape index (κ2) is 12.0. The van der Waals surface area contributed by atoms with Gasteiger partial charge >= 0.3 is 0 Å². The number of amides is 3. The van der Waals surface area contributed by atoms with Crippen molar-refractivity contribution < 1.29 is 19.1 Å². The third-order valence-corrected chi connectivity index (χ3v) is 5.60. The number of anilines is 1. The minimum absolute atomic E-state index is 0.0593. The molecule has 1 aliphatic heterocycles.